The van der Waals surface area contributed by atoms with Crippen LogP contribution in [0.15, 0.2) is 0 Å². The summed E-state index contributed by atoms with van der Waals surface area (Å²) >= 11 is 0. The number of quaternary nitrogens is 2. The third-order valence-corrected chi connectivity index (χ3v) is 2.68. The van der Waals surface area contributed by atoms with E-state index in [0.717, 1.165) is 0 Å². The maximum atomic E-state index is 8.25. The van der Waals surface area contributed by atoms with Crippen LogP contribution < -0.4 is 16.4 Å². The third kappa shape index (κ3) is 15.3. The fourth-order valence-electron chi connectivity index (χ4n) is 1.34. The van der Waals surface area contributed by atoms with Gasteiger partial charge >= 0.3 is 0 Å². The highest BCUT2D eigenvalue weighted by Crippen LogP contribution is 2.03. The van der Waals surface area contributed by atoms with Crippen molar-refractivity contribution in [3.05, 3.63) is 0 Å². The lowest BCUT2D eigenvalue weighted by atomic mass is 10.3. The quantitative estimate of drug-likeness (QED) is 0.499. The molecule has 0 heterocycles. The molecule has 0 amide bonds. The molecule has 4 N–H and O–H groups in total. The van der Waals surface area contributed by atoms with E-state index in [2.05, 4.69) is 27.7 Å². The minimum atomic E-state index is -0.500. The Balaban J connectivity index is -0.0000000870. The maximum absolute atomic E-state index is 8.25. The van der Waals surface area contributed by atoms with Gasteiger partial charge in [-0.05, 0) is 27.7 Å². The molecule has 0 rings (SSSR count). The monoisotopic (exact) mass is 238 g/mol. The number of hydrogen-bond acceptors (Lipinski definition) is 4. The van der Waals surface area contributed by atoms with Crippen LogP contribution in [0, 0.1) is 0 Å². The summed E-state index contributed by atoms with van der Waals surface area (Å²) in [5, 5.41) is 16.5. The zero-order chi connectivity index (χ0) is 12.7. The molecule has 0 aliphatic rings. The lowest BCUT2D eigenvalue weighted by molar-refractivity contribution is -0.921. The van der Waals surface area contributed by atoms with E-state index in [1.807, 2.05) is 0 Å². The Morgan fingerprint density at radius 2 is 0.938 bits per heavy atom. The summed E-state index contributed by atoms with van der Waals surface area (Å²) in [6.07, 6.45) is 0. The van der Waals surface area contributed by atoms with Crippen molar-refractivity contribution in [1.82, 2.24) is 6.15 Å². The highest BCUT2D eigenvalue weighted by Gasteiger charge is 2.16. The van der Waals surface area contributed by atoms with Crippen molar-refractivity contribution in [3.63, 3.8) is 0 Å². The summed E-state index contributed by atoms with van der Waals surface area (Å²) in [6, 6.07) is 0. The molecule has 16 heavy (non-hydrogen) atoms. The van der Waals surface area contributed by atoms with E-state index < -0.39 is 12.9 Å². The maximum Gasteiger partial charge on any atom is 0.0757 e. The number of rotatable bonds is 4. The fourth-order valence-corrected chi connectivity index (χ4v) is 1.34. The molecule has 0 atom stereocenters. The van der Waals surface area contributed by atoms with E-state index >= 15 is 0 Å². The minimum Gasteiger partial charge on any atom is -0.554 e. The Morgan fingerprint density at radius 1 is 0.812 bits per heavy atom. The van der Waals surface area contributed by atoms with Gasteiger partial charge in [0, 0.05) is 12.9 Å². The van der Waals surface area contributed by atoms with Crippen LogP contribution >= 0.6 is 0 Å². The van der Waals surface area contributed by atoms with E-state index in [9.17, 15) is 0 Å². The summed E-state index contributed by atoms with van der Waals surface area (Å²) < 4.78 is 1.28. The largest absolute Gasteiger partial charge is 0.554 e. The first-order valence-corrected chi connectivity index (χ1v) is 5.04. The number of carbonyl (C=O) groups excluding carboxylic acids is 2. The fraction of sp³-hybridized carbons (Fsp3) is 0.800. The van der Waals surface area contributed by atoms with E-state index in [0.29, 0.717) is 0 Å². The Labute approximate surface area is 98.1 Å². The molecule has 0 saturated carbocycles. The van der Waals surface area contributed by atoms with Crippen LogP contribution in [0.5, 0.6) is 0 Å². The first kappa shape index (κ1) is 24.2. The Bertz CT molecular complexity index is 115. The van der Waals surface area contributed by atoms with Gasteiger partial charge in [-0.3, -0.25) is 0 Å². The van der Waals surface area contributed by atoms with Crippen LogP contribution in [-0.4, -0.2) is 43.6 Å². The van der Waals surface area contributed by atoms with Crippen molar-refractivity contribution in [2.24, 2.45) is 0 Å². The van der Waals surface area contributed by atoms with Crippen LogP contribution in [0.3, 0.4) is 0 Å². The lowest BCUT2D eigenvalue weighted by Gasteiger charge is -2.34. The van der Waals surface area contributed by atoms with Gasteiger partial charge in [0.2, 0.25) is 0 Å². The Hall–Kier alpha value is -1.14. The molecule has 0 unspecified atom stereocenters. The summed E-state index contributed by atoms with van der Waals surface area (Å²) in [7, 11) is 0. The number of carbonyl (C=O) groups is 2. The van der Waals surface area contributed by atoms with E-state index in [4.69, 9.17) is 19.8 Å². The van der Waals surface area contributed by atoms with Crippen molar-refractivity contribution >= 4 is 12.9 Å². The van der Waals surface area contributed by atoms with Gasteiger partial charge in [0.05, 0.1) is 26.2 Å². The lowest BCUT2D eigenvalue weighted by Crippen LogP contribution is -2.47. The van der Waals surface area contributed by atoms with Crippen molar-refractivity contribution in [2.45, 2.75) is 27.7 Å². The normalized spacial score (nSPS) is 8.25. The smallest absolute Gasteiger partial charge is 0.0757 e. The van der Waals surface area contributed by atoms with E-state index in [1.165, 1.54) is 30.7 Å². The predicted octanol–water partition coefficient (Wildman–Crippen LogP) is -1.01. The van der Waals surface area contributed by atoms with Crippen molar-refractivity contribution < 1.29 is 24.3 Å². The standard InChI is InChI=1S/C8H20N.2CH2O2.H3N/c1-5-9(6-2,7-3)8-4;2*2-1-3;/h5-8H2,1-4H3;2*1H,(H,2,3);1H3/q+1;;;/p-1. The zero-order valence-electron chi connectivity index (χ0n) is 11.1. The third-order valence-electron chi connectivity index (χ3n) is 2.68. The second kappa shape index (κ2) is 19.4. The predicted molar refractivity (Wildman–Crippen MR) is 60.5 cm³/mol. The average Bonchev–Trinajstić information content (AvgIpc) is 2.24. The first-order valence-electron chi connectivity index (χ1n) is 5.04. The number of carboxylic acid groups (broad SMARTS) is 2. The molecule has 0 radical (unpaired) electrons. The van der Waals surface area contributed by atoms with Gasteiger partial charge in [0.15, 0.2) is 0 Å². The molecule has 100 valence electrons. The van der Waals surface area contributed by atoms with Crippen LogP contribution in [-0.2, 0) is 9.59 Å². The van der Waals surface area contributed by atoms with Crippen molar-refractivity contribution in [2.75, 3.05) is 26.2 Å². The number of hydrogen-bond donors (Lipinski definition) is 1. The van der Waals surface area contributed by atoms with Gasteiger partial charge in [-0.1, -0.05) is 0 Å². The molecule has 6 nitrogen and oxygen atoms in total. The molecule has 6 heteroatoms. The average molecular weight is 238 g/mol. The van der Waals surface area contributed by atoms with Crippen LogP contribution in [0.1, 0.15) is 27.7 Å². The molecule has 0 bridgehead atoms. The van der Waals surface area contributed by atoms with Crippen molar-refractivity contribution in [3.8, 4) is 0 Å². The molecule has 0 spiro atoms. The molecule has 0 fully saturated rings. The zero-order valence-corrected chi connectivity index (χ0v) is 11.1. The highest BCUT2D eigenvalue weighted by molar-refractivity contribution is 5.29. The molecule has 0 saturated heterocycles. The first-order chi connectivity index (χ1) is 7.07. The summed E-state index contributed by atoms with van der Waals surface area (Å²) in [5.41, 5.74) is 0. The second-order valence-electron chi connectivity index (χ2n) is 2.80. The van der Waals surface area contributed by atoms with Gasteiger partial charge in [-0.15, -0.1) is 0 Å². The summed E-state index contributed by atoms with van der Waals surface area (Å²) in [6.45, 7) is 13.2. The Kier molecular flexibility index (Phi) is 29.4. The highest BCUT2D eigenvalue weighted by atomic mass is 16.3. The second-order valence-corrected chi connectivity index (χ2v) is 2.80. The molecular weight excluding hydrogens is 212 g/mol. The SMILES string of the molecule is CC[N+](CC)(CC)CC.O=C[O-].O=C[O-].[NH4+]. The van der Waals surface area contributed by atoms with Crippen LogP contribution in [0.25, 0.3) is 0 Å². The molecule has 0 aliphatic heterocycles. The minimum absolute atomic E-state index is 0. The molecule has 0 aromatic carbocycles. The van der Waals surface area contributed by atoms with Crippen LogP contribution in [0.4, 0.5) is 0 Å². The van der Waals surface area contributed by atoms with E-state index in [1.54, 1.807) is 0 Å². The summed E-state index contributed by atoms with van der Waals surface area (Å²) in [5.74, 6) is 0. The topological polar surface area (TPSA) is 117 Å². The van der Waals surface area contributed by atoms with Crippen molar-refractivity contribution in [1.29, 1.82) is 0 Å². The van der Waals surface area contributed by atoms with Crippen LogP contribution in [0.2, 0.25) is 0 Å². The Morgan fingerprint density at radius 3 is 0.938 bits per heavy atom. The van der Waals surface area contributed by atoms with Gasteiger partial charge in [-0.2, -0.15) is 0 Å². The van der Waals surface area contributed by atoms with Gasteiger partial charge in [0.25, 0.3) is 0 Å². The molecule has 0 aromatic rings. The molecule has 0 aromatic heterocycles. The summed E-state index contributed by atoms with van der Waals surface area (Å²) in [4.78, 5) is 16.5. The number of nitrogens with zero attached hydrogens (tertiary/aromatic N) is 1. The van der Waals surface area contributed by atoms with E-state index in [-0.39, 0.29) is 6.15 Å². The van der Waals surface area contributed by atoms with Gasteiger partial charge in [0.1, 0.15) is 0 Å². The van der Waals surface area contributed by atoms with Gasteiger partial charge < -0.3 is 30.4 Å². The van der Waals surface area contributed by atoms with Gasteiger partial charge in [-0.25, -0.2) is 0 Å². The molecular formula is C10H26N2O4. The molecule has 0 aliphatic carbocycles.